The summed E-state index contributed by atoms with van der Waals surface area (Å²) in [4.78, 5) is 12.0. The van der Waals surface area contributed by atoms with Crippen LogP contribution in [0, 0.1) is 23.7 Å². The van der Waals surface area contributed by atoms with E-state index >= 15 is 0 Å². The molecule has 14 heavy (non-hydrogen) atoms. The van der Waals surface area contributed by atoms with Crippen LogP contribution in [0.3, 0.4) is 0 Å². The summed E-state index contributed by atoms with van der Waals surface area (Å²) in [5, 5.41) is 0. The van der Waals surface area contributed by atoms with E-state index in [-0.39, 0.29) is 11.8 Å². The maximum atomic E-state index is 12.0. The Kier molecular flexibility index (Phi) is 1.77. The van der Waals surface area contributed by atoms with Crippen LogP contribution in [0.25, 0.3) is 0 Å². The summed E-state index contributed by atoms with van der Waals surface area (Å²) in [6.45, 7) is 5.47. The topological polar surface area (TPSA) is 38.8 Å². The molecule has 0 aromatic heterocycles. The molecule has 1 aliphatic carbocycles. The van der Waals surface area contributed by atoms with Crippen LogP contribution in [0.15, 0.2) is 0 Å². The molecular formula is C11H16O3. The van der Waals surface area contributed by atoms with Gasteiger partial charge in [-0.2, -0.15) is 0 Å². The van der Waals surface area contributed by atoms with Gasteiger partial charge >= 0.3 is 0 Å². The van der Waals surface area contributed by atoms with E-state index in [2.05, 4.69) is 0 Å². The zero-order valence-corrected chi connectivity index (χ0v) is 8.60. The number of Topliss-reactive ketones (excluding diaryl/α,β-unsaturated/α-hetero) is 1. The molecule has 2 saturated heterocycles. The summed E-state index contributed by atoms with van der Waals surface area (Å²) in [6, 6.07) is 0. The van der Waals surface area contributed by atoms with E-state index in [0.29, 0.717) is 43.0 Å². The molecule has 1 unspecified atom stereocenters. The lowest BCUT2D eigenvalue weighted by Crippen LogP contribution is -2.36. The van der Waals surface area contributed by atoms with Gasteiger partial charge in [-0.15, -0.1) is 0 Å². The maximum absolute atomic E-state index is 12.0. The van der Waals surface area contributed by atoms with Crippen molar-refractivity contribution in [3.63, 3.8) is 0 Å². The Morgan fingerprint density at radius 2 is 1.57 bits per heavy atom. The Hall–Kier alpha value is -0.410. The molecule has 3 nitrogen and oxygen atoms in total. The summed E-state index contributed by atoms with van der Waals surface area (Å²) >= 11 is 0. The van der Waals surface area contributed by atoms with Gasteiger partial charge in [0.1, 0.15) is 5.78 Å². The smallest absolute Gasteiger partial charge is 0.139 e. The predicted molar refractivity (Wildman–Crippen MR) is 49.8 cm³/mol. The molecular weight excluding hydrogens is 180 g/mol. The van der Waals surface area contributed by atoms with Gasteiger partial charge in [-0.1, -0.05) is 13.8 Å². The van der Waals surface area contributed by atoms with Crippen molar-refractivity contribution in [1.82, 2.24) is 0 Å². The van der Waals surface area contributed by atoms with Crippen LogP contribution in [0.4, 0.5) is 0 Å². The first-order valence-electron chi connectivity index (χ1n) is 5.47. The second-order valence-electron chi connectivity index (χ2n) is 4.91. The van der Waals surface area contributed by atoms with Crippen molar-refractivity contribution < 1.29 is 14.3 Å². The highest BCUT2D eigenvalue weighted by Gasteiger charge is 2.58. The minimum Gasteiger partial charge on any atom is -0.381 e. The van der Waals surface area contributed by atoms with Crippen molar-refractivity contribution in [3.05, 3.63) is 0 Å². The second kappa shape index (κ2) is 2.80. The molecule has 3 aliphatic rings. The normalized spacial score (nSPS) is 56.3. The molecule has 3 rings (SSSR count). The fraction of sp³-hybridized carbons (Fsp3) is 0.909. The Morgan fingerprint density at radius 3 is 2.07 bits per heavy atom. The van der Waals surface area contributed by atoms with Crippen molar-refractivity contribution in [2.24, 2.45) is 23.7 Å². The lowest BCUT2D eigenvalue weighted by molar-refractivity contribution is -0.134. The summed E-state index contributed by atoms with van der Waals surface area (Å²) in [5.41, 5.74) is 0. The highest BCUT2D eigenvalue weighted by Crippen LogP contribution is 2.47. The molecule has 3 fully saturated rings. The molecule has 2 heterocycles. The quantitative estimate of drug-likeness (QED) is 0.540. The van der Waals surface area contributed by atoms with Gasteiger partial charge in [0.25, 0.3) is 0 Å². The zero-order chi connectivity index (χ0) is 9.87. The van der Waals surface area contributed by atoms with Gasteiger partial charge in [0.05, 0.1) is 25.4 Å². The molecule has 0 spiro atoms. The van der Waals surface area contributed by atoms with Gasteiger partial charge < -0.3 is 9.47 Å². The lowest BCUT2D eigenvalue weighted by Gasteiger charge is -2.28. The van der Waals surface area contributed by atoms with Gasteiger partial charge in [0, 0.05) is 23.7 Å². The lowest BCUT2D eigenvalue weighted by atomic mass is 9.83. The minimum atomic E-state index is 0.116. The Morgan fingerprint density at radius 1 is 1.07 bits per heavy atom. The first kappa shape index (κ1) is 8.86. The molecule has 1 saturated carbocycles. The first-order chi connectivity index (χ1) is 6.70. The number of carbonyl (C=O) groups is 1. The fourth-order valence-electron chi connectivity index (χ4n) is 3.05. The summed E-state index contributed by atoms with van der Waals surface area (Å²) in [6.07, 6.45) is 0.623. The summed E-state index contributed by atoms with van der Waals surface area (Å²) in [5.74, 6) is 1.26. The molecule has 2 aliphatic heterocycles. The number of hydrogen-bond acceptors (Lipinski definition) is 3. The molecule has 0 aromatic rings. The standard InChI is InChI=1S/C11H16O3/c1-5-7-3-13-4-8(6(2)9(5)12)11-10(7)14-11/h5-8,10-11H,3-4H2,1-2H3/t5-,6+,7-,8+,10-,11?/m1/s1. The molecule has 0 N–H and O–H groups in total. The van der Waals surface area contributed by atoms with E-state index < -0.39 is 0 Å². The van der Waals surface area contributed by atoms with E-state index in [1.807, 2.05) is 13.8 Å². The minimum absolute atomic E-state index is 0.116. The monoisotopic (exact) mass is 196 g/mol. The molecule has 78 valence electrons. The Labute approximate surface area is 83.8 Å². The number of carbonyl (C=O) groups excluding carboxylic acids is 1. The van der Waals surface area contributed by atoms with Crippen molar-refractivity contribution in [3.8, 4) is 0 Å². The Bertz CT molecular complexity index is 252. The highest BCUT2D eigenvalue weighted by atomic mass is 16.6. The molecule has 3 heteroatoms. The SMILES string of the molecule is C[C@@H]1C(=O)[C@H](C)[C@H]2COC[C@@H]1C1O[C@@H]12. The van der Waals surface area contributed by atoms with Crippen LogP contribution in [-0.2, 0) is 14.3 Å². The highest BCUT2D eigenvalue weighted by molar-refractivity contribution is 5.84. The van der Waals surface area contributed by atoms with Gasteiger partial charge in [-0.25, -0.2) is 0 Å². The Balaban J connectivity index is 1.98. The largest absolute Gasteiger partial charge is 0.381 e. The first-order valence-corrected chi connectivity index (χ1v) is 5.47. The van der Waals surface area contributed by atoms with Crippen LogP contribution in [0.1, 0.15) is 13.8 Å². The predicted octanol–water partition coefficient (Wildman–Crippen LogP) is 0.871. The van der Waals surface area contributed by atoms with E-state index in [4.69, 9.17) is 9.47 Å². The molecule has 0 aromatic carbocycles. The number of ketones is 1. The van der Waals surface area contributed by atoms with E-state index in [9.17, 15) is 4.79 Å². The van der Waals surface area contributed by atoms with Crippen molar-refractivity contribution in [2.75, 3.05) is 13.2 Å². The number of rotatable bonds is 0. The van der Waals surface area contributed by atoms with Crippen LogP contribution in [-0.4, -0.2) is 31.2 Å². The third-order valence-corrected chi connectivity index (χ3v) is 4.21. The average molecular weight is 196 g/mol. The number of ether oxygens (including phenoxy) is 2. The second-order valence-corrected chi connectivity index (χ2v) is 4.91. The van der Waals surface area contributed by atoms with Crippen molar-refractivity contribution in [2.45, 2.75) is 26.1 Å². The average Bonchev–Trinajstić information content (AvgIpc) is 2.92. The van der Waals surface area contributed by atoms with Crippen LogP contribution in [0.5, 0.6) is 0 Å². The van der Waals surface area contributed by atoms with Gasteiger partial charge in [-0.3, -0.25) is 4.79 Å². The zero-order valence-electron chi connectivity index (χ0n) is 8.60. The van der Waals surface area contributed by atoms with Crippen molar-refractivity contribution >= 4 is 5.78 Å². The molecule has 0 amide bonds. The van der Waals surface area contributed by atoms with Crippen LogP contribution >= 0.6 is 0 Å². The van der Waals surface area contributed by atoms with E-state index in [1.54, 1.807) is 0 Å². The molecule has 6 atom stereocenters. The van der Waals surface area contributed by atoms with Crippen LogP contribution in [0.2, 0.25) is 0 Å². The molecule has 0 radical (unpaired) electrons. The van der Waals surface area contributed by atoms with Gasteiger partial charge in [0.15, 0.2) is 0 Å². The third-order valence-electron chi connectivity index (χ3n) is 4.21. The van der Waals surface area contributed by atoms with Crippen LogP contribution < -0.4 is 0 Å². The number of epoxide rings is 1. The van der Waals surface area contributed by atoms with Crippen molar-refractivity contribution in [1.29, 1.82) is 0 Å². The summed E-state index contributed by atoms with van der Waals surface area (Å²) < 4.78 is 11.3. The number of hydrogen-bond donors (Lipinski definition) is 0. The van der Waals surface area contributed by atoms with Gasteiger partial charge in [0.2, 0.25) is 0 Å². The van der Waals surface area contributed by atoms with E-state index in [1.165, 1.54) is 0 Å². The van der Waals surface area contributed by atoms with E-state index in [0.717, 1.165) is 0 Å². The molecule has 2 bridgehead atoms. The summed E-state index contributed by atoms with van der Waals surface area (Å²) in [7, 11) is 0. The van der Waals surface area contributed by atoms with Gasteiger partial charge in [-0.05, 0) is 0 Å². The fourth-order valence-corrected chi connectivity index (χ4v) is 3.05. The maximum Gasteiger partial charge on any atom is 0.139 e. The third kappa shape index (κ3) is 1.03.